The van der Waals surface area contributed by atoms with Gasteiger partial charge < -0.3 is 14.6 Å². The lowest BCUT2D eigenvalue weighted by Crippen LogP contribution is -2.12. The number of pyridine rings is 1. The number of hydrogen-bond acceptors (Lipinski definition) is 4. The van der Waals surface area contributed by atoms with Crippen LogP contribution in [0.2, 0.25) is 0 Å². The first-order valence-corrected chi connectivity index (χ1v) is 5.91. The molecular formula is C13H18N4O. The minimum atomic E-state index is 0.234. The van der Waals surface area contributed by atoms with Crippen LogP contribution in [0.25, 0.3) is 0 Å². The van der Waals surface area contributed by atoms with E-state index in [1.165, 1.54) is 0 Å². The van der Waals surface area contributed by atoms with Gasteiger partial charge in [-0.1, -0.05) is 0 Å². The summed E-state index contributed by atoms with van der Waals surface area (Å²) in [7, 11) is 1.70. The summed E-state index contributed by atoms with van der Waals surface area (Å²) in [5.41, 5.74) is 2.05. The standard InChI is InChI=1S/C13H18N4O/c1-10-6-12(8-14-7-10)16-13-15-4-5-17(13)11(2)9-18-3/h4-8,11H,9H2,1-3H3,(H,15,16). The van der Waals surface area contributed by atoms with Crippen LogP contribution in [0.15, 0.2) is 30.9 Å². The van der Waals surface area contributed by atoms with Gasteiger partial charge in [0.2, 0.25) is 5.95 Å². The molecule has 5 nitrogen and oxygen atoms in total. The quantitative estimate of drug-likeness (QED) is 0.880. The summed E-state index contributed by atoms with van der Waals surface area (Å²) in [4.78, 5) is 8.46. The summed E-state index contributed by atoms with van der Waals surface area (Å²) in [6.45, 7) is 4.75. The summed E-state index contributed by atoms with van der Waals surface area (Å²) in [6, 6.07) is 2.27. The first-order chi connectivity index (χ1) is 8.70. The summed E-state index contributed by atoms with van der Waals surface area (Å²) in [6.07, 6.45) is 7.32. The van der Waals surface area contributed by atoms with E-state index in [9.17, 15) is 0 Å². The van der Waals surface area contributed by atoms with Gasteiger partial charge in [-0.05, 0) is 25.5 Å². The van der Waals surface area contributed by atoms with Crippen LogP contribution in [0, 0.1) is 6.92 Å². The molecule has 0 saturated heterocycles. The summed E-state index contributed by atoms with van der Waals surface area (Å²) in [5.74, 6) is 0.798. The molecule has 0 aliphatic heterocycles. The average Bonchev–Trinajstić information content (AvgIpc) is 2.77. The predicted octanol–water partition coefficient (Wildman–Crippen LogP) is 2.54. The smallest absolute Gasteiger partial charge is 0.207 e. The van der Waals surface area contributed by atoms with E-state index < -0.39 is 0 Å². The molecule has 0 aliphatic rings. The van der Waals surface area contributed by atoms with Crippen molar-refractivity contribution in [2.75, 3.05) is 19.0 Å². The van der Waals surface area contributed by atoms with Gasteiger partial charge in [0.25, 0.3) is 0 Å². The molecule has 1 N–H and O–H groups in total. The van der Waals surface area contributed by atoms with Gasteiger partial charge in [-0.25, -0.2) is 4.98 Å². The second-order valence-electron chi connectivity index (χ2n) is 4.34. The molecular weight excluding hydrogens is 228 g/mol. The third-order valence-electron chi connectivity index (χ3n) is 2.68. The number of nitrogens with zero attached hydrogens (tertiary/aromatic N) is 3. The van der Waals surface area contributed by atoms with Crippen molar-refractivity contribution in [3.8, 4) is 0 Å². The van der Waals surface area contributed by atoms with Crippen molar-refractivity contribution in [1.82, 2.24) is 14.5 Å². The predicted molar refractivity (Wildman–Crippen MR) is 71.1 cm³/mol. The molecule has 0 amide bonds. The highest BCUT2D eigenvalue weighted by Gasteiger charge is 2.09. The van der Waals surface area contributed by atoms with E-state index in [0.29, 0.717) is 6.61 Å². The monoisotopic (exact) mass is 246 g/mol. The summed E-state index contributed by atoms with van der Waals surface area (Å²) < 4.78 is 7.21. The maximum absolute atomic E-state index is 5.16. The van der Waals surface area contributed by atoms with Crippen LogP contribution in [0.4, 0.5) is 11.6 Å². The molecule has 2 heterocycles. The Morgan fingerprint density at radius 2 is 2.28 bits per heavy atom. The SMILES string of the molecule is COCC(C)n1ccnc1Nc1cncc(C)c1. The Morgan fingerprint density at radius 3 is 3.00 bits per heavy atom. The van der Waals surface area contributed by atoms with E-state index in [1.807, 2.05) is 30.0 Å². The maximum atomic E-state index is 5.16. The van der Waals surface area contributed by atoms with Crippen molar-refractivity contribution >= 4 is 11.6 Å². The van der Waals surface area contributed by atoms with Crippen LogP contribution in [-0.2, 0) is 4.74 Å². The van der Waals surface area contributed by atoms with E-state index in [2.05, 4.69) is 22.2 Å². The fraction of sp³-hybridized carbons (Fsp3) is 0.385. The van der Waals surface area contributed by atoms with Crippen molar-refractivity contribution in [1.29, 1.82) is 0 Å². The Balaban J connectivity index is 2.17. The highest BCUT2D eigenvalue weighted by molar-refractivity contribution is 5.53. The molecule has 0 aliphatic carbocycles. The molecule has 0 bridgehead atoms. The number of hydrogen-bond donors (Lipinski definition) is 1. The molecule has 2 aromatic rings. The molecule has 0 radical (unpaired) electrons. The Kier molecular flexibility index (Phi) is 3.94. The molecule has 0 aromatic carbocycles. The summed E-state index contributed by atoms with van der Waals surface area (Å²) in [5, 5.41) is 3.27. The number of nitrogens with one attached hydrogen (secondary N) is 1. The number of methoxy groups -OCH3 is 1. The van der Waals surface area contributed by atoms with E-state index in [0.717, 1.165) is 17.2 Å². The number of anilines is 2. The van der Waals surface area contributed by atoms with Crippen molar-refractivity contribution in [2.45, 2.75) is 19.9 Å². The van der Waals surface area contributed by atoms with Crippen LogP contribution in [-0.4, -0.2) is 28.3 Å². The third kappa shape index (κ3) is 2.87. The Hall–Kier alpha value is -1.88. The van der Waals surface area contributed by atoms with E-state index >= 15 is 0 Å². The van der Waals surface area contributed by atoms with Gasteiger partial charge in [0.1, 0.15) is 0 Å². The second kappa shape index (κ2) is 5.64. The Morgan fingerprint density at radius 1 is 1.44 bits per heavy atom. The zero-order valence-electron chi connectivity index (χ0n) is 10.9. The first kappa shape index (κ1) is 12.6. The normalized spacial score (nSPS) is 12.4. The van der Waals surface area contributed by atoms with Gasteiger partial charge in [0, 0.05) is 25.7 Å². The zero-order valence-corrected chi connectivity index (χ0v) is 10.9. The minimum absolute atomic E-state index is 0.234. The molecule has 1 atom stereocenters. The number of rotatable bonds is 5. The van der Waals surface area contributed by atoms with Crippen molar-refractivity contribution in [3.05, 3.63) is 36.4 Å². The second-order valence-corrected chi connectivity index (χ2v) is 4.34. The lowest BCUT2D eigenvalue weighted by Gasteiger charge is -2.16. The fourth-order valence-electron chi connectivity index (χ4n) is 1.84. The van der Waals surface area contributed by atoms with Crippen LogP contribution in [0.1, 0.15) is 18.5 Å². The van der Waals surface area contributed by atoms with Gasteiger partial charge in [0.05, 0.1) is 24.5 Å². The first-order valence-electron chi connectivity index (χ1n) is 5.91. The highest BCUT2D eigenvalue weighted by Crippen LogP contribution is 2.18. The minimum Gasteiger partial charge on any atom is -0.383 e. The molecule has 1 unspecified atom stereocenters. The molecule has 2 rings (SSSR count). The molecule has 2 aromatic heterocycles. The van der Waals surface area contributed by atoms with E-state index in [4.69, 9.17) is 4.74 Å². The average molecular weight is 246 g/mol. The fourth-order valence-corrected chi connectivity index (χ4v) is 1.84. The summed E-state index contributed by atoms with van der Waals surface area (Å²) >= 11 is 0. The van der Waals surface area contributed by atoms with Crippen LogP contribution >= 0.6 is 0 Å². The lowest BCUT2D eigenvalue weighted by molar-refractivity contribution is 0.163. The maximum Gasteiger partial charge on any atom is 0.207 e. The molecule has 5 heteroatoms. The van der Waals surface area contributed by atoms with Gasteiger partial charge in [-0.2, -0.15) is 0 Å². The van der Waals surface area contributed by atoms with Crippen molar-refractivity contribution < 1.29 is 4.74 Å². The molecule has 0 saturated carbocycles. The van der Waals surface area contributed by atoms with E-state index in [-0.39, 0.29) is 6.04 Å². The van der Waals surface area contributed by atoms with Crippen LogP contribution < -0.4 is 5.32 Å². The number of aromatic nitrogens is 3. The highest BCUT2D eigenvalue weighted by atomic mass is 16.5. The lowest BCUT2D eigenvalue weighted by atomic mass is 10.3. The molecule has 0 spiro atoms. The van der Waals surface area contributed by atoms with Crippen molar-refractivity contribution in [2.24, 2.45) is 0 Å². The largest absolute Gasteiger partial charge is 0.383 e. The van der Waals surface area contributed by atoms with Crippen LogP contribution in [0.5, 0.6) is 0 Å². The Bertz CT molecular complexity index is 509. The Labute approximate surface area is 107 Å². The molecule has 0 fully saturated rings. The number of aryl methyl sites for hydroxylation is 1. The zero-order chi connectivity index (χ0) is 13.0. The van der Waals surface area contributed by atoms with E-state index in [1.54, 1.807) is 19.5 Å². The van der Waals surface area contributed by atoms with Crippen molar-refractivity contribution in [3.63, 3.8) is 0 Å². The van der Waals surface area contributed by atoms with Gasteiger partial charge in [0.15, 0.2) is 0 Å². The molecule has 96 valence electrons. The topological polar surface area (TPSA) is 52.0 Å². The number of ether oxygens (including phenoxy) is 1. The van der Waals surface area contributed by atoms with Crippen LogP contribution in [0.3, 0.4) is 0 Å². The molecule has 18 heavy (non-hydrogen) atoms. The van der Waals surface area contributed by atoms with Gasteiger partial charge in [-0.15, -0.1) is 0 Å². The van der Waals surface area contributed by atoms with Gasteiger partial charge in [-0.3, -0.25) is 4.98 Å². The third-order valence-corrected chi connectivity index (χ3v) is 2.68. The van der Waals surface area contributed by atoms with Gasteiger partial charge >= 0.3 is 0 Å². The number of imidazole rings is 1.